The molecule has 1 atom stereocenters. The van der Waals surface area contributed by atoms with E-state index in [1.165, 1.54) is 4.90 Å². The van der Waals surface area contributed by atoms with Crippen LogP contribution in [0.5, 0.6) is 0 Å². The Morgan fingerprint density at radius 2 is 1.90 bits per heavy atom. The highest BCUT2D eigenvalue weighted by Crippen LogP contribution is 2.18. The van der Waals surface area contributed by atoms with Gasteiger partial charge in [0.1, 0.15) is 11.7 Å². The molecular weight excluding hydrogens is 252 g/mol. The molecule has 0 spiro atoms. The second-order valence-electron chi connectivity index (χ2n) is 5.52. The Morgan fingerprint density at radius 1 is 1.25 bits per heavy atom. The van der Waals surface area contributed by atoms with E-state index in [1.54, 1.807) is 13.1 Å². The van der Waals surface area contributed by atoms with Gasteiger partial charge >= 0.3 is 0 Å². The molecule has 1 N–H and O–H groups in total. The third-order valence-corrected chi connectivity index (χ3v) is 3.38. The summed E-state index contributed by atoms with van der Waals surface area (Å²) in [7, 11) is 1.69. The summed E-state index contributed by atoms with van der Waals surface area (Å²) in [6.45, 7) is 4.09. The molecule has 1 aromatic carbocycles. The van der Waals surface area contributed by atoms with Gasteiger partial charge in [-0.15, -0.1) is 0 Å². The molecule has 1 fully saturated rings. The summed E-state index contributed by atoms with van der Waals surface area (Å²) in [5, 5.41) is 2.73. The topological polar surface area (TPSA) is 49.4 Å². The number of nitrogens with one attached hydrogen (secondary N) is 1. The van der Waals surface area contributed by atoms with Crippen molar-refractivity contribution in [3.8, 4) is 0 Å². The zero-order valence-electron chi connectivity index (χ0n) is 12.1. The van der Waals surface area contributed by atoms with Gasteiger partial charge in [0.15, 0.2) is 0 Å². The number of nitrogens with zero attached hydrogens (tertiary/aromatic N) is 1. The van der Waals surface area contributed by atoms with Crippen LogP contribution >= 0.6 is 0 Å². The molecule has 0 unspecified atom stereocenters. The summed E-state index contributed by atoms with van der Waals surface area (Å²) in [4.78, 5) is 26.0. The quantitative estimate of drug-likeness (QED) is 0.856. The van der Waals surface area contributed by atoms with Crippen LogP contribution in [0.4, 0.5) is 0 Å². The van der Waals surface area contributed by atoms with Crippen LogP contribution < -0.4 is 5.32 Å². The molecule has 0 aromatic heterocycles. The number of piperazine rings is 1. The third-order valence-electron chi connectivity index (χ3n) is 3.38. The van der Waals surface area contributed by atoms with Gasteiger partial charge in [-0.3, -0.25) is 9.59 Å². The largest absolute Gasteiger partial charge is 0.328 e. The average molecular weight is 272 g/mol. The Labute approximate surface area is 119 Å². The van der Waals surface area contributed by atoms with Crippen molar-refractivity contribution < 1.29 is 9.59 Å². The van der Waals surface area contributed by atoms with Crippen LogP contribution in [0.25, 0.3) is 6.08 Å². The van der Waals surface area contributed by atoms with Gasteiger partial charge in [0.2, 0.25) is 5.91 Å². The molecule has 0 bridgehead atoms. The van der Waals surface area contributed by atoms with Crippen molar-refractivity contribution in [2.75, 3.05) is 7.05 Å². The number of likely N-dealkylation sites (N-methyl/N-ethyl adjacent to an activating group) is 1. The van der Waals surface area contributed by atoms with E-state index in [-0.39, 0.29) is 17.9 Å². The Kier molecular flexibility index (Phi) is 4.23. The molecule has 4 nitrogen and oxygen atoms in total. The SMILES string of the molecule is CC(C)C[C@@H]1C(=O)N/C(=C\c2ccccc2)C(=O)N1C. The molecule has 2 rings (SSSR count). The van der Waals surface area contributed by atoms with Crippen LogP contribution in [-0.4, -0.2) is 29.8 Å². The molecule has 0 radical (unpaired) electrons. The summed E-state index contributed by atoms with van der Waals surface area (Å²) in [5.41, 5.74) is 1.23. The monoisotopic (exact) mass is 272 g/mol. The van der Waals surface area contributed by atoms with Crippen molar-refractivity contribution in [3.63, 3.8) is 0 Å². The highest BCUT2D eigenvalue weighted by Gasteiger charge is 2.35. The van der Waals surface area contributed by atoms with Crippen molar-refractivity contribution in [1.82, 2.24) is 10.2 Å². The first kappa shape index (κ1) is 14.3. The van der Waals surface area contributed by atoms with E-state index in [0.29, 0.717) is 18.0 Å². The molecule has 0 aliphatic carbocycles. The van der Waals surface area contributed by atoms with Crippen LogP contribution in [-0.2, 0) is 9.59 Å². The maximum atomic E-state index is 12.3. The molecule has 0 saturated carbocycles. The minimum atomic E-state index is -0.379. The lowest BCUT2D eigenvalue weighted by Crippen LogP contribution is -2.55. The molecule has 1 aliphatic rings. The lowest BCUT2D eigenvalue weighted by atomic mass is 9.99. The van der Waals surface area contributed by atoms with Gasteiger partial charge in [0, 0.05) is 7.05 Å². The van der Waals surface area contributed by atoms with Gasteiger partial charge < -0.3 is 10.2 Å². The number of carbonyl (C=O) groups is 2. The summed E-state index contributed by atoms with van der Waals surface area (Å²) in [6, 6.07) is 9.11. The van der Waals surface area contributed by atoms with Crippen LogP contribution in [0.3, 0.4) is 0 Å². The molecule has 1 heterocycles. The molecule has 4 heteroatoms. The molecule has 20 heavy (non-hydrogen) atoms. The Balaban J connectivity index is 2.22. The summed E-state index contributed by atoms with van der Waals surface area (Å²) < 4.78 is 0. The van der Waals surface area contributed by atoms with Crippen LogP contribution in [0.2, 0.25) is 0 Å². The van der Waals surface area contributed by atoms with Gasteiger partial charge in [0.05, 0.1) is 0 Å². The second kappa shape index (κ2) is 5.90. The zero-order valence-corrected chi connectivity index (χ0v) is 12.1. The summed E-state index contributed by atoms with van der Waals surface area (Å²) in [6.07, 6.45) is 2.38. The van der Waals surface area contributed by atoms with Gasteiger partial charge in [-0.05, 0) is 24.0 Å². The highest BCUT2D eigenvalue weighted by atomic mass is 16.2. The van der Waals surface area contributed by atoms with Gasteiger partial charge in [-0.2, -0.15) is 0 Å². The van der Waals surface area contributed by atoms with E-state index < -0.39 is 0 Å². The molecule has 1 aliphatic heterocycles. The van der Waals surface area contributed by atoms with Crippen molar-refractivity contribution in [3.05, 3.63) is 41.6 Å². The Hall–Kier alpha value is -2.10. The van der Waals surface area contributed by atoms with E-state index in [9.17, 15) is 9.59 Å². The van der Waals surface area contributed by atoms with Gasteiger partial charge in [0.25, 0.3) is 5.91 Å². The first-order chi connectivity index (χ1) is 9.49. The Bertz CT molecular complexity index is 535. The van der Waals surface area contributed by atoms with E-state index in [2.05, 4.69) is 5.32 Å². The third kappa shape index (κ3) is 3.07. The molecular formula is C16H20N2O2. The predicted octanol–water partition coefficient (Wildman–Crippen LogP) is 2.03. The predicted molar refractivity (Wildman–Crippen MR) is 78.6 cm³/mol. The molecule has 106 valence electrons. The summed E-state index contributed by atoms with van der Waals surface area (Å²) >= 11 is 0. The molecule has 1 aromatic rings. The minimum absolute atomic E-state index is 0.108. The lowest BCUT2D eigenvalue weighted by molar-refractivity contribution is -0.141. The fourth-order valence-electron chi connectivity index (χ4n) is 2.30. The second-order valence-corrected chi connectivity index (χ2v) is 5.52. The van der Waals surface area contributed by atoms with Crippen LogP contribution in [0.15, 0.2) is 36.0 Å². The number of rotatable bonds is 3. The van der Waals surface area contributed by atoms with E-state index >= 15 is 0 Å². The fourth-order valence-corrected chi connectivity index (χ4v) is 2.30. The number of amides is 2. The van der Waals surface area contributed by atoms with Crippen molar-refractivity contribution in [2.45, 2.75) is 26.3 Å². The van der Waals surface area contributed by atoms with Crippen LogP contribution in [0.1, 0.15) is 25.8 Å². The molecule has 2 amide bonds. The average Bonchev–Trinajstić information content (AvgIpc) is 2.42. The Morgan fingerprint density at radius 3 is 2.50 bits per heavy atom. The maximum Gasteiger partial charge on any atom is 0.270 e. The number of carbonyl (C=O) groups excluding carboxylic acids is 2. The normalized spacial score (nSPS) is 21.5. The first-order valence-corrected chi connectivity index (χ1v) is 6.84. The lowest BCUT2D eigenvalue weighted by Gasteiger charge is -2.34. The highest BCUT2D eigenvalue weighted by molar-refractivity contribution is 6.07. The standard InChI is InChI=1S/C16H20N2O2/c1-11(2)9-14-15(19)17-13(16(20)18(14)3)10-12-7-5-4-6-8-12/h4-8,10-11,14H,9H2,1-3H3,(H,17,19)/b13-10-/t14-/m1/s1. The smallest absolute Gasteiger partial charge is 0.270 e. The van der Waals surface area contributed by atoms with Gasteiger partial charge in [-0.1, -0.05) is 44.2 Å². The van der Waals surface area contributed by atoms with E-state index in [0.717, 1.165) is 5.56 Å². The fraction of sp³-hybridized carbons (Fsp3) is 0.375. The number of benzene rings is 1. The first-order valence-electron chi connectivity index (χ1n) is 6.84. The van der Waals surface area contributed by atoms with Crippen molar-refractivity contribution in [2.24, 2.45) is 5.92 Å². The number of hydrogen-bond donors (Lipinski definition) is 1. The van der Waals surface area contributed by atoms with Crippen molar-refractivity contribution >= 4 is 17.9 Å². The molecule has 1 saturated heterocycles. The maximum absolute atomic E-state index is 12.3. The van der Waals surface area contributed by atoms with E-state index in [1.807, 2.05) is 44.2 Å². The minimum Gasteiger partial charge on any atom is -0.328 e. The van der Waals surface area contributed by atoms with Crippen LogP contribution in [0, 0.1) is 5.92 Å². The zero-order chi connectivity index (χ0) is 14.7. The van der Waals surface area contributed by atoms with Crippen molar-refractivity contribution in [1.29, 1.82) is 0 Å². The summed E-state index contributed by atoms with van der Waals surface area (Å²) in [5.74, 6) is 0.114. The van der Waals surface area contributed by atoms with E-state index in [4.69, 9.17) is 0 Å². The number of hydrogen-bond acceptors (Lipinski definition) is 2. The van der Waals surface area contributed by atoms with Gasteiger partial charge in [-0.25, -0.2) is 0 Å².